The number of furan rings is 1. The van der Waals surface area contributed by atoms with Gasteiger partial charge >= 0.3 is 5.91 Å². The molecule has 192 valence electrons. The molecule has 0 bridgehead atoms. The molecule has 0 atom stereocenters. The van der Waals surface area contributed by atoms with Crippen LogP contribution in [0.15, 0.2) is 91.3 Å². The number of ether oxygens (including phenoxy) is 2. The lowest BCUT2D eigenvalue weighted by molar-refractivity contribution is 0.0929. The second-order valence-corrected chi connectivity index (χ2v) is 11.3. The number of benzene rings is 4. The van der Waals surface area contributed by atoms with Crippen molar-refractivity contribution in [2.24, 2.45) is 5.10 Å². The highest BCUT2D eigenvalue weighted by atomic mass is 127. The average Bonchev–Trinajstić information content (AvgIpc) is 3.33. The third kappa shape index (κ3) is 6.05. The number of amides is 1. The van der Waals surface area contributed by atoms with Crippen molar-refractivity contribution in [1.29, 1.82) is 0 Å². The highest BCUT2D eigenvalue weighted by molar-refractivity contribution is 14.1. The number of fused-ring (bicyclic) bond motifs is 2. The van der Waals surface area contributed by atoms with E-state index in [1.54, 1.807) is 12.3 Å². The number of hydrazone groups is 1. The van der Waals surface area contributed by atoms with Gasteiger partial charge in [0.1, 0.15) is 12.2 Å². The lowest BCUT2D eigenvalue weighted by Gasteiger charge is -2.15. The topological polar surface area (TPSA) is 73.1 Å². The van der Waals surface area contributed by atoms with Crippen molar-refractivity contribution >= 4 is 88.3 Å². The van der Waals surface area contributed by atoms with Crippen LogP contribution in [0, 0.1) is 3.57 Å². The van der Waals surface area contributed by atoms with Crippen LogP contribution in [0.3, 0.4) is 0 Å². The molecule has 1 N–H and O–H groups in total. The molecule has 1 amide bonds. The van der Waals surface area contributed by atoms with E-state index in [-0.39, 0.29) is 5.76 Å². The number of nitrogens with zero attached hydrogens (tertiary/aromatic N) is 1. The molecule has 0 radical (unpaired) electrons. The van der Waals surface area contributed by atoms with Crippen molar-refractivity contribution in [3.63, 3.8) is 0 Å². The smallest absolute Gasteiger partial charge is 0.307 e. The Bertz CT molecular complexity index is 1680. The molecule has 0 saturated carbocycles. The first-order chi connectivity index (χ1) is 18.4. The van der Waals surface area contributed by atoms with Crippen molar-refractivity contribution in [1.82, 2.24) is 5.43 Å². The first kappa shape index (κ1) is 26.7. The third-order valence-electron chi connectivity index (χ3n) is 5.67. The van der Waals surface area contributed by atoms with Gasteiger partial charge in [0.15, 0.2) is 17.3 Å². The molecule has 38 heavy (non-hydrogen) atoms. The molecule has 9 heteroatoms. The molecule has 0 aliphatic carbocycles. The Balaban J connectivity index is 1.30. The normalized spacial score (nSPS) is 11.4. The summed E-state index contributed by atoms with van der Waals surface area (Å²) < 4.78 is 20.3. The maximum Gasteiger partial charge on any atom is 0.307 e. The van der Waals surface area contributed by atoms with Gasteiger partial charge in [0.25, 0.3) is 0 Å². The Kier molecular flexibility index (Phi) is 8.35. The number of hydrogen-bond donors (Lipinski definition) is 1. The standard InChI is InChI=1S/C29H21Br2IN2O4/c1-2-36-25-11-18(15-33-34-29(35)26-13-21-12-22(30)14-24(32)27(21)38-26)10-23(31)28(25)37-16-17-7-8-19-5-3-4-6-20(19)9-17/h3-15H,2,16H2,1H3,(H,34,35)/b33-15-. The highest BCUT2D eigenvalue weighted by Gasteiger charge is 2.15. The quantitative estimate of drug-likeness (QED) is 0.0983. The van der Waals surface area contributed by atoms with Gasteiger partial charge in [-0.3, -0.25) is 4.79 Å². The van der Waals surface area contributed by atoms with Crippen LogP contribution in [0.4, 0.5) is 0 Å². The van der Waals surface area contributed by atoms with Crippen LogP contribution in [0.1, 0.15) is 28.6 Å². The number of carbonyl (C=O) groups excluding carboxylic acids is 1. The lowest BCUT2D eigenvalue weighted by atomic mass is 10.1. The van der Waals surface area contributed by atoms with Crippen LogP contribution < -0.4 is 14.9 Å². The summed E-state index contributed by atoms with van der Waals surface area (Å²) in [4.78, 5) is 12.6. The molecule has 0 fully saturated rings. The zero-order valence-electron chi connectivity index (χ0n) is 20.1. The second kappa shape index (κ2) is 11.9. The van der Waals surface area contributed by atoms with E-state index in [1.165, 1.54) is 5.39 Å². The van der Waals surface area contributed by atoms with Crippen LogP contribution in [-0.4, -0.2) is 18.7 Å². The van der Waals surface area contributed by atoms with Crippen molar-refractivity contribution < 1.29 is 18.7 Å². The Morgan fingerprint density at radius 3 is 2.63 bits per heavy atom. The Morgan fingerprint density at radius 2 is 1.82 bits per heavy atom. The van der Waals surface area contributed by atoms with E-state index in [4.69, 9.17) is 13.9 Å². The van der Waals surface area contributed by atoms with Gasteiger partial charge in [-0.25, -0.2) is 5.43 Å². The molecule has 0 aliphatic rings. The maximum absolute atomic E-state index is 12.6. The van der Waals surface area contributed by atoms with Gasteiger partial charge < -0.3 is 13.9 Å². The summed E-state index contributed by atoms with van der Waals surface area (Å²) in [5.41, 5.74) is 4.96. The number of hydrogen-bond acceptors (Lipinski definition) is 5. The first-order valence-corrected chi connectivity index (χ1v) is 14.4. The minimum atomic E-state index is -0.441. The van der Waals surface area contributed by atoms with Crippen molar-refractivity contribution in [2.75, 3.05) is 6.61 Å². The van der Waals surface area contributed by atoms with Crippen LogP contribution in [0.5, 0.6) is 11.5 Å². The second-order valence-electron chi connectivity index (χ2n) is 8.35. The predicted molar refractivity (Wildman–Crippen MR) is 165 cm³/mol. The van der Waals surface area contributed by atoms with E-state index in [2.05, 4.69) is 95.3 Å². The lowest BCUT2D eigenvalue weighted by Crippen LogP contribution is -2.16. The molecule has 0 saturated heterocycles. The largest absolute Gasteiger partial charge is 0.490 e. The van der Waals surface area contributed by atoms with E-state index >= 15 is 0 Å². The van der Waals surface area contributed by atoms with Crippen molar-refractivity contribution in [2.45, 2.75) is 13.5 Å². The molecule has 1 heterocycles. The molecule has 4 aromatic carbocycles. The summed E-state index contributed by atoms with van der Waals surface area (Å²) in [5.74, 6) is 0.919. The van der Waals surface area contributed by atoms with Gasteiger partial charge in [-0.05, 0) is 104 Å². The summed E-state index contributed by atoms with van der Waals surface area (Å²) in [7, 11) is 0. The van der Waals surface area contributed by atoms with E-state index in [0.29, 0.717) is 30.3 Å². The molecular formula is C29H21Br2IN2O4. The first-order valence-electron chi connectivity index (χ1n) is 11.7. The monoisotopic (exact) mass is 746 g/mol. The SMILES string of the molecule is CCOc1cc(/C=N\NC(=O)c2cc3cc(Br)cc(I)c3o2)cc(Br)c1OCc1ccc2ccccc2c1. The predicted octanol–water partition coefficient (Wildman–Crippen LogP) is 8.46. The Hall–Kier alpha value is -2.89. The minimum absolute atomic E-state index is 0.182. The summed E-state index contributed by atoms with van der Waals surface area (Å²) in [6.07, 6.45) is 1.54. The van der Waals surface area contributed by atoms with Gasteiger partial charge in [0.2, 0.25) is 0 Å². The number of rotatable bonds is 8. The van der Waals surface area contributed by atoms with Gasteiger partial charge in [-0.2, -0.15) is 5.10 Å². The molecule has 0 spiro atoms. The molecule has 6 nitrogen and oxygen atoms in total. The maximum atomic E-state index is 12.6. The Labute approximate surface area is 249 Å². The zero-order chi connectivity index (χ0) is 26.6. The fourth-order valence-electron chi connectivity index (χ4n) is 3.96. The van der Waals surface area contributed by atoms with Crippen molar-refractivity contribution in [3.8, 4) is 11.5 Å². The summed E-state index contributed by atoms with van der Waals surface area (Å²) >= 11 is 9.23. The number of carbonyl (C=O) groups is 1. The molecule has 0 aliphatic heterocycles. The van der Waals surface area contributed by atoms with Gasteiger partial charge in [-0.1, -0.05) is 52.3 Å². The van der Waals surface area contributed by atoms with Crippen LogP contribution >= 0.6 is 54.5 Å². The summed E-state index contributed by atoms with van der Waals surface area (Å²) in [6, 6.07) is 23.7. The summed E-state index contributed by atoms with van der Waals surface area (Å²) in [6.45, 7) is 2.77. The van der Waals surface area contributed by atoms with E-state index in [1.807, 2.05) is 43.3 Å². The Morgan fingerprint density at radius 1 is 1.00 bits per heavy atom. The molecule has 5 rings (SSSR count). The fraction of sp³-hybridized carbons (Fsp3) is 0.103. The van der Waals surface area contributed by atoms with Crippen molar-refractivity contribution in [3.05, 3.63) is 102 Å². The van der Waals surface area contributed by atoms with E-state index in [0.717, 1.165) is 34.4 Å². The number of nitrogens with one attached hydrogen (secondary N) is 1. The molecule has 5 aromatic rings. The molecule has 0 unspecified atom stereocenters. The van der Waals surface area contributed by atoms with Crippen LogP contribution in [0.2, 0.25) is 0 Å². The van der Waals surface area contributed by atoms with Crippen LogP contribution in [-0.2, 0) is 6.61 Å². The van der Waals surface area contributed by atoms with E-state index in [9.17, 15) is 4.79 Å². The molecular weight excluding hydrogens is 727 g/mol. The molecule has 1 aromatic heterocycles. The average molecular weight is 748 g/mol. The fourth-order valence-corrected chi connectivity index (χ4v) is 6.19. The van der Waals surface area contributed by atoms with E-state index < -0.39 is 5.91 Å². The zero-order valence-corrected chi connectivity index (χ0v) is 25.5. The number of halogens is 3. The third-order valence-corrected chi connectivity index (χ3v) is 7.52. The van der Waals surface area contributed by atoms with Gasteiger partial charge in [-0.15, -0.1) is 0 Å². The minimum Gasteiger partial charge on any atom is -0.490 e. The van der Waals surface area contributed by atoms with Gasteiger partial charge in [0, 0.05) is 9.86 Å². The summed E-state index contributed by atoms with van der Waals surface area (Å²) in [5, 5.41) is 7.30. The van der Waals surface area contributed by atoms with Crippen LogP contribution in [0.25, 0.3) is 21.7 Å². The highest BCUT2D eigenvalue weighted by Crippen LogP contribution is 2.37. The van der Waals surface area contributed by atoms with Gasteiger partial charge in [0.05, 0.1) is 20.9 Å².